The number of carbonyl (C=O) groups is 1. The molecule has 0 radical (unpaired) electrons. The van der Waals surface area contributed by atoms with Crippen molar-refractivity contribution in [3.8, 4) is 0 Å². The Kier molecular flexibility index (Phi) is 3.60. The second kappa shape index (κ2) is 4.55. The molecule has 0 bridgehead atoms. The summed E-state index contributed by atoms with van der Waals surface area (Å²) in [5.41, 5.74) is 1.47. The first-order valence-electron chi connectivity index (χ1n) is 4.42. The Morgan fingerprint density at radius 1 is 1.07 bits per heavy atom. The molecule has 3 heteroatoms. The second-order valence-corrected chi connectivity index (χ2v) is 3.28. The van der Waals surface area contributed by atoms with Crippen LogP contribution in [0.2, 0.25) is 0 Å². The Morgan fingerprint density at radius 3 is 2.27 bits per heavy atom. The molecular weight excluding hydrogens is 246 g/mol. The van der Waals surface area contributed by atoms with E-state index in [1.165, 1.54) is 0 Å². The average molecular weight is 259 g/mol. The van der Waals surface area contributed by atoms with Gasteiger partial charge in [-0.2, -0.15) is 0 Å². The molecule has 0 heterocycles. The third-order valence-electron chi connectivity index (χ3n) is 2.37. The van der Waals surface area contributed by atoms with Crippen LogP contribution in [0.25, 0.3) is 10.8 Å². The molecule has 2 nitrogen and oxygen atoms in total. The molecule has 2 rings (SSSR count). The van der Waals surface area contributed by atoms with Crippen LogP contribution in [-0.4, -0.2) is 30.9 Å². The summed E-state index contributed by atoms with van der Waals surface area (Å²) in [6.45, 7) is 1.98. The molecule has 15 heavy (non-hydrogen) atoms. The van der Waals surface area contributed by atoms with Crippen LogP contribution in [0.1, 0.15) is 15.9 Å². The molecule has 2 aromatic carbocycles. The number of aryl methyl sites for hydroxylation is 1. The fraction of sp³-hybridized carbons (Fsp3) is 0.0833. The van der Waals surface area contributed by atoms with E-state index in [2.05, 4.69) is 0 Å². The number of benzene rings is 2. The molecule has 0 unspecified atom stereocenters. The maximum atomic E-state index is 10.9. The fourth-order valence-corrected chi connectivity index (χ4v) is 1.64. The van der Waals surface area contributed by atoms with Crippen molar-refractivity contribution >= 4 is 36.5 Å². The molecular formula is C12H13GaO2. The van der Waals surface area contributed by atoms with Gasteiger partial charge in [0.1, 0.15) is 0 Å². The van der Waals surface area contributed by atoms with Crippen LogP contribution in [-0.2, 0) is 0 Å². The SMILES string of the molecule is Cc1ccc(C(=O)O)c2ccccc12.[GaH3]. The van der Waals surface area contributed by atoms with Gasteiger partial charge in [0.05, 0.1) is 5.56 Å². The van der Waals surface area contributed by atoms with E-state index < -0.39 is 5.97 Å². The number of rotatable bonds is 1. The van der Waals surface area contributed by atoms with Gasteiger partial charge in [0.15, 0.2) is 0 Å². The van der Waals surface area contributed by atoms with Crippen molar-refractivity contribution in [2.75, 3.05) is 0 Å². The topological polar surface area (TPSA) is 37.3 Å². The van der Waals surface area contributed by atoms with Gasteiger partial charge in [0, 0.05) is 0 Å². The van der Waals surface area contributed by atoms with Crippen molar-refractivity contribution < 1.29 is 9.90 Å². The zero-order valence-electron chi connectivity index (χ0n) is 7.82. The molecule has 2 aromatic rings. The molecule has 0 aliphatic heterocycles. The quantitative estimate of drug-likeness (QED) is 0.791. The normalized spacial score (nSPS) is 9.67. The summed E-state index contributed by atoms with van der Waals surface area (Å²) in [4.78, 5) is 10.9. The summed E-state index contributed by atoms with van der Waals surface area (Å²) >= 11 is 0. The minimum absolute atomic E-state index is 0. The molecule has 1 N–H and O–H groups in total. The van der Waals surface area contributed by atoms with Crippen molar-refractivity contribution in [2.24, 2.45) is 0 Å². The van der Waals surface area contributed by atoms with Crippen LogP contribution in [0.3, 0.4) is 0 Å². The van der Waals surface area contributed by atoms with Gasteiger partial charge in [-0.25, -0.2) is 4.79 Å². The standard InChI is InChI=1S/C12H10O2.Ga.3H/c1-8-6-7-11(12(13)14)10-5-3-2-4-9(8)10;;;;/h2-7H,1H3,(H,13,14);;;;. The Hall–Kier alpha value is -1.19. The number of aromatic carboxylic acids is 1. The van der Waals surface area contributed by atoms with Crippen LogP contribution < -0.4 is 0 Å². The van der Waals surface area contributed by atoms with Gasteiger partial charge < -0.3 is 5.11 Å². The fourth-order valence-electron chi connectivity index (χ4n) is 1.64. The molecule has 0 saturated heterocycles. The number of hydrogen-bond donors (Lipinski definition) is 1. The van der Waals surface area contributed by atoms with Gasteiger partial charge in [0.25, 0.3) is 0 Å². The van der Waals surface area contributed by atoms with E-state index in [1.54, 1.807) is 6.07 Å². The summed E-state index contributed by atoms with van der Waals surface area (Å²) in [6.07, 6.45) is 0. The van der Waals surface area contributed by atoms with Gasteiger partial charge >= 0.3 is 25.8 Å². The molecule has 76 valence electrons. The van der Waals surface area contributed by atoms with Crippen LogP contribution in [0.4, 0.5) is 0 Å². The number of fused-ring (bicyclic) bond motifs is 1. The van der Waals surface area contributed by atoms with E-state index >= 15 is 0 Å². The van der Waals surface area contributed by atoms with E-state index in [1.807, 2.05) is 37.3 Å². The predicted molar refractivity (Wildman–Crippen MR) is 65.6 cm³/mol. The zero-order valence-corrected chi connectivity index (χ0v) is 7.82. The molecule has 0 aliphatic rings. The van der Waals surface area contributed by atoms with Gasteiger partial charge in [-0.3, -0.25) is 0 Å². The summed E-state index contributed by atoms with van der Waals surface area (Å²) in [5, 5.41) is 10.8. The van der Waals surface area contributed by atoms with Crippen molar-refractivity contribution in [1.29, 1.82) is 0 Å². The van der Waals surface area contributed by atoms with Crippen LogP contribution >= 0.6 is 0 Å². The zero-order chi connectivity index (χ0) is 10.1. The van der Waals surface area contributed by atoms with E-state index in [0.29, 0.717) is 5.56 Å². The minimum atomic E-state index is -0.874. The first-order valence-corrected chi connectivity index (χ1v) is 4.42. The molecule has 0 aliphatic carbocycles. The average Bonchev–Trinajstić information content (AvgIpc) is 2.18. The van der Waals surface area contributed by atoms with E-state index in [-0.39, 0.29) is 19.8 Å². The van der Waals surface area contributed by atoms with E-state index in [0.717, 1.165) is 16.3 Å². The van der Waals surface area contributed by atoms with Crippen molar-refractivity contribution in [1.82, 2.24) is 0 Å². The summed E-state index contributed by atoms with van der Waals surface area (Å²) in [7, 11) is 0. The second-order valence-electron chi connectivity index (χ2n) is 3.28. The molecule has 0 amide bonds. The maximum absolute atomic E-state index is 10.9. The predicted octanol–water partition coefficient (Wildman–Crippen LogP) is 1.66. The third kappa shape index (κ3) is 2.08. The van der Waals surface area contributed by atoms with E-state index in [4.69, 9.17) is 5.11 Å². The van der Waals surface area contributed by atoms with Crippen molar-refractivity contribution in [3.63, 3.8) is 0 Å². The van der Waals surface area contributed by atoms with Gasteiger partial charge in [-0.05, 0) is 29.3 Å². The number of hydrogen-bond acceptors (Lipinski definition) is 1. The third-order valence-corrected chi connectivity index (χ3v) is 2.37. The Morgan fingerprint density at radius 2 is 1.67 bits per heavy atom. The Bertz CT molecular complexity index is 506. The van der Waals surface area contributed by atoms with Gasteiger partial charge in [0.2, 0.25) is 0 Å². The van der Waals surface area contributed by atoms with Gasteiger partial charge in [-0.15, -0.1) is 0 Å². The monoisotopic (exact) mass is 258 g/mol. The number of carboxylic acid groups (broad SMARTS) is 1. The summed E-state index contributed by atoms with van der Waals surface area (Å²) in [6, 6.07) is 11.0. The summed E-state index contributed by atoms with van der Waals surface area (Å²) < 4.78 is 0. The Balaban J connectivity index is 0.00000112. The molecule has 0 spiro atoms. The number of carboxylic acids is 1. The van der Waals surface area contributed by atoms with Crippen molar-refractivity contribution in [3.05, 3.63) is 47.5 Å². The first kappa shape index (κ1) is 11.9. The van der Waals surface area contributed by atoms with Crippen LogP contribution in [0.15, 0.2) is 36.4 Å². The molecule has 0 saturated carbocycles. The molecule has 0 atom stereocenters. The van der Waals surface area contributed by atoms with E-state index in [9.17, 15) is 4.79 Å². The molecule has 0 fully saturated rings. The molecule has 0 aromatic heterocycles. The Labute approximate surface area is 101 Å². The van der Waals surface area contributed by atoms with Gasteiger partial charge in [-0.1, -0.05) is 30.3 Å². The van der Waals surface area contributed by atoms with Crippen LogP contribution in [0.5, 0.6) is 0 Å². The summed E-state index contributed by atoms with van der Waals surface area (Å²) in [5.74, 6) is -0.874. The van der Waals surface area contributed by atoms with Crippen molar-refractivity contribution in [2.45, 2.75) is 6.92 Å². The first-order chi connectivity index (χ1) is 6.70. The van der Waals surface area contributed by atoms with Crippen LogP contribution in [0, 0.1) is 6.92 Å².